The number of nitrogens with zero attached hydrogens (tertiary/aromatic N) is 6. The molecule has 1 aliphatic rings. The highest BCUT2D eigenvalue weighted by Crippen LogP contribution is 2.33. The second kappa shape index (κ2) is 9.11. The van der Waals surface area contributed by atoms with Gasteiger partial charge in [-0.2, -0.15) is 13.9 Å². The van der Waals surface area contributed by atoms with Crippen LogP contribution < -0.4 is 4.90 Å². The van der Waals surface area contributed by atoms with Gasteiger partial charge in [0.25, 0.3) is 0 Å². The highest BCUT2D eigenvalue weighted by atomic mass is 32.2. The molecule has 0 atom stereocenters. The van der Waals surface area contributed by atoms with Gasteiger partial charge in [-0.3, -0.25) is 0 Å². The van der Waals surface area contributed by atoms with Crippen molar-refractivity contribution in [3.05, 3.63) is 65.1 Å². The van der Waals surface area contributed by atoms with E-state index < -0.39 is 10.0 Å². The first-order valence-electron chi connectivity index (χ1n) is 10.8. The molecule has 1 aromatic carbocycles. The summed E-state index contributed by atoms with van der Waals surface area (Å²) in [7, 11) is -1.41. The Balaban J connectivity index is 1.50. The van der Waals surface area contributed by atoms with Crippen LogP contribution in [0.4, 0.5) is 15.3 Å². The normalized spacial score (nSPS) is 14.9. The van der Waals surface area contributed by atoms with Crippen molar-refractivity contribution < 1.29 is 17.9 Å². The summed E-state index contributed by atoms with van der Waals surface area (Å²) in [5, 5.41) is 17.3. The summed E-state index contributed by atoms with van der Waals surface area (Å²) in [5.74, 6) is 0.275. The van der Waals surface area contributed by atoms with E-state index >= 15 is 0 Å². The molecular formula is C23H23FN6O3S2. The Hall–Kier alpha value is -3.19. The van der Waals surface area contributed by atoms with Crippen molar-refractivity contribution in [3.63, 3.8) is 0 Å². The molecule has 35 heavy (non-hydrogen) atoms. The predicted octanol–water partition coefficient (Wildman–Crippen LogP) is 3.30. The van der Waals surface area contributed by atoms with Crippen LogP contribution in [0.5, 0.6) is 0 Å². The van der Waals surface area contributed by atoms with E-state index in [0.717, 1.165) is 11.1 Å². The third-order valence-corrected chi connectivity index (χ3v) is 8.07. The number of aliphatic hydroxyl groups excluding tert-OH is 1. The summed E-state index contributed by atoms with van der Waals surface area (Å²) in [6.07, 6.45) is 3.63. The lowest BCUT2D eigenvalue weighted by Gasteiger charge is -2.24. The van der Waals surface area contributed by atoms with Gasteiger partial charge in [-0.1, -0.05) is 6.08 Å². The highest BCUT2D eigenvalue weighted by molar-refractivity contribution is 7.88. The number of anilines is 2. The molecule has 0 amide bonds. The Kier molecular flexibility index (Phi) is 6.13. The number of aliphatic hydroxyl groups is 1. The average Bonchev–Trinajstić information content (AvgIpc) is 3.48. The quantitative estimate of drug-likeness (QED) is 0.421. The van der Waals surface area contributed by atoms with Gasteiger partial charge in [0.2, 0.25) is 10.0 Å². The van der Waals surface area contributed by atoms with E-state index in [2.05, 4.69) is 9.97 Å². The molecule has 4 heterocycles. The van der Waals surface area contributed by atoms with Crippen LogP contribution in [-0.2, 0) is 16.6 Å². The molecule has 0 unspecified atom stereocenters. The van der Waals surface area contributed by atoms with E-state index in [1.165, 1.54) is 34.0 Å². The molecule has 0 radical (unpaired) electrons. The number of rotatable bonds is 6. The summed E-state index contributed by atoms with van der Waals surface area (Å²) >= 11 is 1.41. The lowest BCUT2D eigenvalue weighted by atomic mass is 10.1. The molecule has 0 fully saturated rings. The summed E-state index contributed by atoms with van der Waals surface area (Å²) in [6, 6.07) is 9.83. The van der Waals surface area contributed by atoms with Crippen LogP contribution in [0.25, 0.3) is 22.5 Å². The minimum atomic E-state index is -3.24. The summed E-state index contributed by atoms with van der Waals surface area (Å²) < 4.78 is 40.0. The van der Waals surface area contributed by atoms with E-state index in [9.17, 15) is 17.9 Å². The van der Waals surface area contributed by atoms with Crippen LogP contribution in [0.3, 0.4) is 0 Å². The van der Waals surface area contributed by atoms with E-state index in [1.54, 1.807) is 16.6 Å². The smallest absolute Gasteiger partial charge is 0.211 e. The van der Waals surface area contributed by atoms with E-state index in [1.807, 2.05) is 35.5 Å². The first kappa shape index (κ1) is 23.5. The molecule has 0 saturated heterocycles. The first-order valence-corrected chi connectivity index (χ1v) is 13.6. The van der Waals surface area contributed by atoms with Crippen molar-refractivity contribution in [2.45, 2.75) is 13.0 Å². The maximum absolute atomic E-state index is 13.3. The molecule has 1 N–H and O–H groups in total. The van der Waals surface area contributed by atoms with Gasteiger partial charge >= 0.3 is 0 Å². The van der Waals surface area contributed by atoms with Gasteiger partial charge in [-0.05, 0) is 48.4 Å². The summed E-state index contributed by atoms with van der Waals surface area (Å²) in [5.41, 5.74) is 4.21. The number of imidazole rings is 1. The van der Waals surface area contributed by atoms with Crippen molar-refractivity contribution in [2.75, 3.05) is 31.3 Å². The third kappa shape index (κ3) is 4.57. The monoisotopic (exact) mass is 514 g/mol. The van der Waals surface area contributed by atoms with Crippen molar-refractivity contribution in [1.29, 1.82) is 0 Å². The van der Waals surface area contributed by atoms with Crippen molar-refractivity contribution in [2.24, 2.45) is 0 Å². The molecule has 12 heteroatoms. The van der Waals surface area contributed by atoms with E-state index in [-0.39, 0.29) is 12.4 Å². The molecule has 0 saturated carbocycles. The fourth-order valence-electron chi connectivity index (χ4n) is 4.03. The van der Waals surface area contributed by atoms with Gasteiger partial charge in [-0.25, -0.2) is 22.8 Å². The Morgan fingerprint density at radius 2 is 1.91 bits per heavy atom. The average molecular weight is 515 g/mol. The Labute approximate surface area is 205 Å². The van der Waals surface area contributed by atoms with Gasteiger partial charge < -0.3 is 10.0 Å². The second-order valence-electron chi connectivity index (χ2n) is 8.21. The second-order valence-corrected chi connectivity index (χ2v) is 11.0. The predicted molar refractivity (Wildman–Crippen MR) is 133 cm³/mol. The van der Waals surface area contributed by atoms with Gasteiger partial charge in [0.05, 0.1) is 24.3 Å². The fraction of sp³-hybridized carbons (Fsp3) is 0.261. The molecule has 182 valence electrons. The molecule has 4 aromatic rings. The third-order valence-electron chi connectivity index (χ3n) is 5.88. The van der Waals surface area contributed by atoms with Crippen LogP contribution in [0.2, 0.25) is 0 Å². The van der Waals surface area contributed by atoms with E-state index in [0.29, 0.717) is 53.2 Å². The molecule has 0 bridgehead atoms. The van der Waals surface area contributed by atoms with Gasteiger partial charge in [-0.15, -0.1) is 11.3 Å². The zero-order valence-electron chi connectivity index (χ0n) is 19.1. The number of halogens is 1. The number of hydrogen-bond acceptors (Lipinski definition) is 8. The number of sulfonamides is 1. The zero-order valence-corrected chi connectivity index (χ0v) is 20.7. The van der Waals surface area contributed by atoms with Crippen molar-refractivity contribution >= 4 is 43.5 Å². The van der Waals surface area contributed by atoms with Crippen LogP contribution >= 0.6 is 11.3 Å². The zero-order chi connectivity index (χ0) is 24.7. The molecule has 3 aromatic heterocycles. The van der Waals surface area contributed by atoms with Gasteiger partial charge in [0.15, 0.2) is 16.6 Å². The minimum Gasteiger partial charge on any atom is -0.390 e. The molecular weight excluding hydrogens is 491 g/mol. The molecule has 1 aliphatic heterocycles. The Morgan fingerprint density at radius 1 is 1.14 bits per heavy atom. The Morgan fingerprint density at radius 3 is 2.57 bits per heavy atom. The Bertz CT molecular complexity index is 1530. The topological polar surface area (TPSA) is 104 Å². The van der Waals surface area contributed by atoms with Gasteiger partial charge in [0.1, 0.15) is 11.5 Å². The number of thiazole rings is 1. The molecule has 0 aliphatic carbocycles. The van der Waals surface area contributed by atoms with Gasteiger partial charge in [0, 0.05) is 31.1 Å². The molecule has 5 rings (SSSR count). The SMILES string of the molecule is CN(c1nc(-c2ccc(F)cc2)cs1)c1c(CO)nc2ccc(C3=CCN(S(C)(=O)=O)CC3)nn12. The molecule has 0 spiro atoms. The van der Waals surface area contributed by atoms with Crippen LogP contribution in [0.15, 0.2) is 47.9 Å². The number of aromatic nitrogens is 4. The minimum absolute atomic E-state index is 0.277. The number of fused-ring (bicyclic) bond motifs is 1. The summed E-state index contributed by atoms with van der Waals surface area (Å²) in [6.45, 7) is 0.423. The maximum atomic E-state index is 13.3. The lowest BCUT2D eigenvalue weighted by Crippen LogP contribution is -2.33. The van der Waals surface area contributed by atoms with E-state index in [4.69, 9.17) is 5.10 Å². The molecule has 9 nitrogen and oxygen atoms in total. The van der Waals surface area contributed by atoms with Crippen molar-refractivity contribution in [1.82, 2.24) is 23.9 Å². The number of benzene rings is 1. The highest BCUT2D eigenvalue weighted by Gasteiger charge is 2.23. The maximum Gasteiger partial charge on any atom is 0.211 e. The van der Waals surface area contributed by atoms with Crippen LogP contribution in [0, 0.1) is 5.82 Å². The van der Waals surface area contributed by atoms with Crippen LogP contribution in [-0.4, -0.2) is 63.8 Å². The summed E-state index contributed by atoms with van der Waals surface area (Å²) in [4.78, 5) is 11.0. The fourth-order valence-corrected chi connectivity index (χ4v) is 5.60. The van der Waals surface area contributed by atoms with Crippen molar-refractivity contribution in [3.8, 4) is 11.3 Å². The number of hydrogen-bond donors (Lipinski definition) is 1. The standard InChI is InChI=1S/C23H23FN6O3S2/c1-28(23-26-20(14-34-23)15-3-5-17(24)6-4-15)22-19(13-31)25-21-8-7-18(27-30(21)22)16-9-11-29(12-10-16)35(2,32)33/h3-9,14,31H,10-13H2,1-2H3. The largest absolute Gasteiger partial charge is 0.390 e. The van der Waals surface area contributed by atoms with Crippen LogP contribution in [0.1, 0.15) is 17.8 Å². The first-order chi connectivity index (χ1) is 16.7. The lowest BCUT2D eigenvalue weighted by molar-refractivity contribution is 0.278.